The van der Waals surface area contributed by atoms with E-state index in [0.29, 0.717) is 0 Å². The van der Waals surface area contributed by atoms with E-state index in [2.05, 4.69) is 22.2 Å². The Morgan fingerprint density at radius 2 is 1.94 bits per heavy atom. The van der Waals surface area contributed by atoms with Crippen LogP contribution in [0.2, 0.25) is 0 Å². The Hall–Kier alpha value is -2.10. The maximum absolute atomic E-state index is 5.61. The molecule has 0 radical (unpaired) electrons. The summed E-state index contributed by atoms with van der Waals surface area (Å²) in [5.41, 5.74) is 8.35. The van der Waals surface area contributed by atoms with Gasteiger partial charge in [0.1, 0.15) is 12.1 Å². The molecule has 4 heteroatoms. The van der Waals surface area contributed by atoms with Crippen molar-refractivity contribution in [2.24, 2.45) is 0 Å². The third-order valence-corrected chi connectivity index (χ3v) is 2.27. The number of hydrogen-bond acceptors (Lipinski definition) is 4. The number of rotatable bonds is 3. The third kappa shape index (κ3) is 2.48. The van der Waals surface area contributed by atoms with Crippen molar-refractivity contribution in [2.75, 3.05) is 11.1 Å². The van der Waals surface area contributed by atoms with E-state index in [0.717, 1.165) is 29.3 Å². The SMILES string of the molecule is CCc1cc(Nc2ccc(N)cc2)ncn1. The number of aromatic nitrogens is 2. The average molecular weight is 214 g/mol. The molecular formula is C12H14N4. The van der Waals surface area contributed by atoms with E-state index in [1.165, 1.54) is 0 Å². The summed E-state index contributed by atoms with van der Waals surface area (Å²) in [7, 11) is 0. The van der Waals surface area contributed by atoms with Crippen molar-refractivity contribution in [1.82, 2.24) is 9.97 Å². The second-order valence-electron chi connectivity index (χ2n) is 3.50. The van der Waals surface area contributed by atoms with Crippen LogP contribution < -0.4 is 11.1 Å². The van der Waals surface area contributed by atoms with Gasteiger partial charge in [-0.15, -0.1) is 0 Å². The molecule has 1 aromatic heterocycles. The molecule has 2 rings (SSSR count). The summed E-state index contributed by atoms with van der Waals surface area (Å²) in [6, 6.07) is 9.48. The zero-order chi connectivity index (χ0) is 11.4. The zero-order valence-electron chi connectivity index (χ0n) is 9.14. The van der Waals surface area contributed by atoms with Gasteiger partial charge in [0.05, 0.1) is 0 Å². The molecule has 0 spiro atoms. The van der Waals surface area contributed by atoms with Crippen LogP contribution in [-0.2, 0) is 6.42 Å². The first-order valence-corrected chi connectivity index (χ1v) is 5.21. The van der Waals surface area contributed by atoms with Crippen LogP contribution in [0.4, 0.5) is 17.2 Å². The largest absolute Gasteiger partial charge is 0.399 e. The predicted molar refractivity (Wildman–Crippen MR) is 65.5 cm³/mol. The maximum atomic E-state index is 5.61. The van der Waals surface area contributed by atoms with Crippen LogP contribution in [0, 0.1) is 0 Å². The molecule has 82 valence electrons. The second-order valence-corrected chi connectivity index (χ2v) is 3.50. The lowest BCUT2D eigenvalue weighted by Gasteiger charge is -2.06. The highest BCUT2D eigenvalue weighted by molar-refractivity contribution is 5.59. The molecule has 4 nitrogen and oxygen atoms in total. The highest BCUT2D eigenvalue weighted by Gasteiger charge is 1.97. The molecule has 2 aromatic rings. The van der Waals surface area contributed by atoms with Crippen molar-refractivity contribution < 1.29 is 0 Å². The van der Waals surface area contributed by atoms with Gasteiger partial charge in [0, 0.05) is 23.1 Å². The van der Waals surface area contributed by atoms with Gasteiger partial charge in [-0.05, 0) is 30.7 Å². The normalized spacial score (nSPS) is 10.1. The van der Waals surface area contributed by atoms with Gasteiger partial charge in [0.2, 0.25) is 0 Å². The Labute approximate surface area is 94.5 Å². The van der Waals surface area contributed by atoms with Crippen LogP contribution >= 0.6 is 0 Å². The quantitative estimate of drug-likeness (QED) is 0.770. The number of aryl methyl sites for hydroxylation is 1. The number of benzene rings is 1. The topological polar surface area (TPSA) is 63.8 Å². The minimum Gasteiger partial charge on any atom is -0.399 e. The smallest absolute Gasteiger partial charge is 0.133 e. The molecule has 16 heavy (non-hydrogen) atoms. The number of nitrogens with two attached hydrogens (primary N) is 1. The lowest BCUT2D eigenvalue weighted by molar-refractivity contribution is 1.00. The average Bonchev–Trinajstić information content (AvgIpc) is 2.32. The fourth-order valence-corrected chi connectivity index (χ4v) is 1.37. The molecule has 0 saturated carbocycles. The summed E-state index contributed by atoms with van der Waals surface area (Å²) in [5.74, 6) is 0.802. The summed E-state index contributed by atoms with van der Waals surface area (Å²) >= 11 is 0. The van der Waals surface area contributed by atoms with Gasteiger partial charge in [-0.25, -0.2) is 9.97 Å². The first-order chi connectivity index (χ1) is 7.78. The molecule has 1 heterocycles. The van der Waals surface area contributed by atoms with Gasteiger partial charge in [-0.2, -0.15) is 0 Å². The fourth-order valence-electron chi connectivity index (χ4n) is 1.37. The molecule has 3 N–H and O–H groups in total. The number of hydrogen-bond donors (Lipinski definition) is 2. The molecular weight excluding hydrogens is 200 g/mol. The van der Waals surface area contributed by atoms with E-state index in [9.17, 15) is 0 Å². The van der Waals surface area contributed by atoms with Gasteiger partial charge in [0.25, 0.3) is 0 Å². The third-order valence-electron chi connectivity index (χ3n) is 2.27. The van der Waals surface area contributed by atoms with Crippen molar-refractivity contribution in [3.63, 3.8) is 0 Å². The van der Waals surface area contributed by atoms with Crippen molar-refractivity contribution >= 4 is 17.2 Å². The Kier molecular flexibility index (Phi) is 3.00. The van der Waals surface area contributed by atoms with Crippen molar-refractivity contribution in [1.29, 1.82) is 0 Å². The van der Waals surface area contributed by atoms with E-state index in [1.54, 1.807) is 6.33 Å². The van der Waals surface area contributed by atoms with E-state index < -0.39 is 0 Å². The van der Waals surface area contributed by atoms with E-state index in [-0.39, 0.29) is 0 Å². The summed E-state index contributed by atoms with van der Waals surface area (Å²) in [6.07, 6.45) is 2.47. The van der Waals surface area contributed by atoms with Crippen LogP contribution in [0.5, 0.6) is 0 Å². The van der Waals surface area contributed by atoms with Gasteiger partial charge in [0.15, 0.2) is 0 Å². The molecule has 0 atom stereocenters. The molecule has 0 saturated heterocycles. The number of nitrogens with zero attached hydrogens (tertiary/aromatic N) is 2. The Morgan fingerprint density at radius 1 is 1.19 bits per heavy atom. The maximum Gasteiger partial charge on any atom is 0.133 e. The van der Waals surface area contributed by atoms with E-state index >= 15 is 0 Å². The highest BCUT2D eigenvalue weighted by atomic mass is 15.0. The van der Waals surface area contributed by atoms with E-state index in [1.807, 2.05) is 30.3 Å². The van der Waals surface area contributed by atoms with Gasteiger partial charge in [-0.1, -0.05) is 6.92 Å². The Morgan fingerprint density at radius 3 is 2.62 bits per heavy atom. The molecule has 0 aliphatic carbocycles. The minimum atomic E-state index is 0.752. The van der Waals surface area contributed by atoms with Crippen LogP contribution in [0.15, 0.2) is 36.7 Å². The summed E-state index contributed by atoms with van der Waals surface area (Å²) in [4.78, 5) is 8.29. The standard InChI is InChI=1S/C12H14N4/c1-2-10-7-12(15-8-14-10)16-11-5-3-9(13)4-6-11/h3-8H,2,13H2,1H3,(H,14,15,16). The summed E-state index contributed by atoms with van der Waals surface area (Å²) in [6.45, 7) is 2.06. The minimum absolute atomic E-state index is 0.752. The number of nitrogen functional groups attached to an aromatic ring is 1. The van der Waals surface area contributed by atoms with Gasteiger partial charge >= 0.3 is 0 Å². The monoisotopic (exact) mass is 214 g/mol. The fraction of sp³-hybridized carbons (Fsp3) is 0.167. The van der Waals surface area contributed by atoms with E-state index in [4.69, 9.17) is 5.73 Å². The molecule has 0 bridgehead atoms. The number of nitrogens with one attached hydrogen (secondary N) is 1. The molecule has 0 aliphatic rings. The van der Waals surface area contributed by atoms with Crippen molar-refractivity contribution in [2.45, 2.75) is 13.3 Å². The summed E-state index contributed by atoms with van der Waals surface area (Å²) in [5, 5.41) is 3.20. The van der Waals surface area contributed by atoms with Crippen LogP contribution in [0.25, 0.3) is 0 Å². The second kappa shape index (κ2) is 4.61. The van der Waals surface area contributed by atoms with Crippen molar-refractivity contribution in [3.05, 3.63) is 42.4 Å². The Balaban J connectivity index is 2.16. The first-order valence-electron chi connectivity index (χ1n) is 5.21. The lowest BCUT2D eigenvalue weighted by atomic mass is 10.3. The number of anilines is 3. The highest BCUT2D eigenvalue weighted by Crippen LogP contribution is 2.16. The molecule has 0 amide bonds. The molecule has 0 unspecified atom stereocenters. The first kappa shape index (κ1) is 10.4. The molecule has 1 aromatic carbocycles. The van der Waals surface area contributed by atoms with Crippen molar-refractivity contribution in [3.8, 4) is 0 Å². The van der Waals surface area contributed by atoms with Crippen LogP contribution in [-0.4, -0.2) is 9.97 Å². The molecule has 0 aliphatic heterocycles. The predicted octanol–water partition coefficient (Wildman–Crippen LogP) is 2.36. The lowest BCUT2D eigenvalue weighted by Crippen LogP contribution is -1.96. The zero-order valence-corrected chi connectivity index (χ0v) is 9.14. The molecule has 0 fully saturated rings. The van der Waals surface area contributed by atoms with Crippen LogP contribution in [0.1, 0.15) is 12.6 Å². The van der Waals surface area contributed by atoms with Crippen LogP contribution in [0.3, 0.4) is 0 Å². The van der Waals surface area contributed by atoms with Gasteiger partial charge < -0.3 is 11.1 Å². The Bertz CT molecular complexity index is 465. The van der Waals surface area contributed by atoms with Gasteiger partial charge in [-0.3, -0.25) is 0 Å². The summed E-state index contributed by atoms with van der Waals surface area (Å²) < 4.78 is 0.